The number of rotatable bonds is 30. The van der Waals surface area contributed by atoms with Gasteiger partial charge in [0.05, 0.1) is 57.3 Å². The number of fused-ring (bicyclic) bond motifs is 1. The molecule has 5 aromatic rings. The van der Waals surface area contributed by atoms with Gasteiger partial charge in [0.15, 0.2) is 38.1 Å². The maximum atomic E-state index is 18.4. The van der Waals surface area contributed by atoms with E-state index in [1.165, 1.54) is 39.6 Å². The fourth-order valence-corrected chi connectivity index (χ4v) is 17.1. The Bertz CT molecular complexity index is 3760. The van der Waals surface area contributed by atoms with Gasteiger partial charge in [-0.1, -0.05) is 72.5 Å². The van der Waals surface area contributed by atoms with E-state index in [0.717, 1.165) is 6.04 Å². The van der Waals surface area contributed by atoms with Crippen LogP contribution in [0.25, 0.3) is 22.2 Å². The molecule has 8 heterocycles. The predicted octanol–water partition coefficient (Wildman–Crippen LogP) is 6.53. The lowest BCUT2D eigenvalue weighted by molar-refractivity contribution is -0.158. The highest BCUT2D eigenvalue weighted by molar-refractivity contribution is 8.07. The van der Waals surface area contributed by atoms with Gasteiger partial charge in [-0.2, -0.15) is 0 Å². The third-order valence-corrected chi connectivity index (χ3v) is 27.7. The number of aliphatic hydroxyl groups excluding tert-OH is 1. The summed E-state index contributed by atoms with van der Waals surface area (Å²) in [5.41, 5.74) is -1.64. The number of hydrogen-bond donors (Lipinski definition) is 5. The highest BCUT2D eigenvalue weighted by Crippen LogP contribution is 2.59. The van der Waals surface area contributed by atoms with E-state index in [4.69, 9.17) is 53.3 Å². The highest BCUT2D eigenvalue weighted by atomic mass is 32.5. The number of hydrogen-bond acceptors (Lipinski definition) is 22. The van der Waals surface area contributed by atoms with Crippen LogP contribution >= 0.6 is 14.5 Å². The topological polar surface area (TPSA) is 346 Å². The van der Waals surface area contributed by atoms with Crippen molar-refractivity contribution in [3.05, 3.63) is 77.0 Å². The van der Waals surface area contributed by atoms with Gasteiger partial charge in [-0.05, 0) is 99.4 Å². The number of carbonyl (C=O) groups is 4. The predicted molar refractivity (Wildman–Crippen MR) is 364 cm³/mol. The van der Waals surface area contributed by atoms with E-state index in [2.05, 4.69) is 50.2 Å². The van der Waals surface area contributed by atoms with E-state index in [1.807, 2.05) is 52.6 Å². The second kappa shape index (κ2) is 31.3. The van der Waals surface area contributed by atoms with Crippen molar-refractivity contribution in [2.45, 2.75) is 185 Å². The van der Waals surface area contributed by atoms with Crippen molar-refractivity contribution >= 4 is 94.6 Å². The largest absolute Gasteiger partial charge is 0.470 e. The summed E-state index contributed by atoms with van der Waals surface area (Å²) in [7, 11) is -9.96. The number of aliphatic hydroxyl groups is 1. The molecular formula is C61H93FN12O18P2SSi2. The number of nitrogens with one attached hydrogen (secondary N) is 2. The van der Waals surface area contributed by atoms with Crippen LogP contribution < -0.4 is 21.1 Å². The molecule has 97 heavy (non-hydrogen) atoms. The number of aryl methyl sites for hydroxylation is 1. The number of carbonyl (C=O) groups excluding carboxylic acids is 4. The van der Waals surface area contributed by atoms with Gasteiger partial charge >= 0.3 is 20.6 Å². The fourth-order valence-electron chi connectivity index (χ4n) is 12.4. The van der Waals surface area contributed by atoms with E-state index in [9.17, 15) is 43.4 Å². The number of ether oxygens (including phenoxy) is 4. The molecule has 3 saturated heterocycles. The van der Waals surface area contributed by atoms with E-state index >= 15 is 4.39 Å². The van der Waals surface area contributed by atoms with Crippen LogP contribution in [0.3, 0.4) is 0 Å². The maximum Gasteiger partial charge on any atom is 0.470 e. The van der Waals surface area contributed by atoms with E-state index in [1.54, 1.807) is 53.3 Å². The summed E-state index contributed by atoms with van der Waals surface area (Å²) in [4.78, 5) is 111. The summed E-state index contributed by atoms with van der Waals surface area (Å²) in [6.07, 6.45) is -4.54. The van der Waals surface area contributed by atoms with Crippen LogP contribution in [0.15, 0.2) is 60.3 Å². The standard InChI is InChI=1S/C61H93FN12O18P2SSi2/c1-13-69(14-2)39(3)61(51(91-93(81,82)83)47(62)57(89-61)73-31-42-22-18-25-72(52-46(42)53(73)65-35-64-52)55(78)41-20-16-15-17-21-41)34-87-94(95,86-33-43-23-19-24-71(43)40(4)76)90-50-49(92-97(11,12)60(5,6)7)44(32-75)88-58(50)74-37-66-48-54(74)67-36-70(56(48)79)26-27-84-38-68-45(77)30-63-59(80)85-28-29-96(8,9)10/h15-17,20-21,31,35-37,39,43-44,47,49-51,57-58,75H,13-14,18-19,22-30,32-34,38H2,1-12H3,(H,63,80)(H,68,77)(H2,81,82,83)/t39?,43-,44-,47-,49-,50-,51+,57-,58-,61+,94-/m1/s1. The van der Waals surface area contributed by atoms with Crippen molar-refractivity contribution in [2.24, 2.45) is 0 Å². The minimum absolute atomic E-state index is 0.0192. The molecule has 4 aliphatic heterocycles. The average Bonchev–Trinajstić information content (AvgIpc) is 1.56. The average molecular weight is 1450 g/mol. The molecule has 11 atom stereocenters. The van der Waals surface area contributed by atoms with Gasteiger partial charge in [-0.3, -0.25) is 47.2 Å². The molecule has 3 fully saturated rings. The quantitative estimate of drug-likeness (QED) is 0.0141. The Hall–Kier alpha value is -5.37. The van der Waals surface area contributed by atoms with Gasteiger partial charge in [0.25, 0.3) is 11.5 Å². The second-order valence-corrected chi connectivity index (χ2v) is 41.9. The van der Waals surface area contributed by atoms with Crippen LogP contribution in [0.1, 0.15) is 96.1 Å². The summed E-state index contributed by atoms with van der Waals surface area (Å²) < 4.78 is 94.2. The summed E-state index contributed by atoms with van der Waals surface area (Å²) >= 11 is 6.55. The number of alkyl carbamates (subject to hydrolysis) is 1. The number of phosphoric ester groups is 1. The molecule has 4 aromatic heterocycles. The van der Waals surface area contributed by atoms with Crippen molar-refractivity contribution in [1.82, 2.24) is 54.1 Å². The molecule has 30 nitrogen and oxygen atoms in total. The number of amides is 4. The van der Waals surface area contributed by atoms with Crippen LogP contribution in [-0.2, 0) is 80.4 Å². The minimum atomic E-state index is -5.62. The molecule has 4 amide bonds. The molecule has 0 bridgehead atoms. The number of imidazole rings is 1. The molecule has 536 valence electrons. The summed E-state index contributed by atoms with van der Waals surface area (Å²) in [6, 6.07) is 7.94. The molecule has 0 spiro atoms. The van der Waals surface area contributed by atoms with Crippen molar-refractivity contribution in [1.29, 1.82) is 0 Å². The lowest BCUT2D eigenvalue weighted by Crippen LogP contribution is -2.60. The Balaban J connectivity index is 1.07. The number of phosphoric acid groups is 1. The van der Waals surface area contributed by atoms with Crippen molar-refractivity contribution in [3.63, 3.8) is 0 Å². The van der Waals surface area contributed by atoms with Crippen LogP contribution in [0.4, 0.5) is 15.0 Å². The van der Waals surface area contributed by atoms with E-state index < -0.39 is 127 Å². The smallest absolute Gasteiger partial charge is 0.450 e. The Kier molecular flexibility index (Phi) is 24.4. The molecule has 9 rings (SSSR count). The maximum absolute atomic E-state index is 18.4. The third kappa shape index (κ3) is 17.3. The Morgan fingerprint density at radius 2 is 1.66 bits per heavy atom. The highest BCUT2D eigenvalue weighted by Gasteiger charge is 2.64. The van der Waals surface area contributed by atoms with Gasteiger partial charge < -0.3 is 67.4 Å². The number of halogens is 1. The second-order valence-electron chi connectivity index (χ2n) is 27.4. The molecule has 0 aliphatic carbocycles. The lowest BCUT2D eigenvalue weighted by atomic mass is 9.88. The van der Waals surface area contributed by atoms with Gasteiger partial charge in [-0.15, -0.1) is 0 Å². The van der Waals surface area contributed by atoms with Gasteiger partial charge in [0, 0.05) is 45.9 Å². The van der Waals surface area contributed by atoms with Crippen LogP contribution in [0.2, 0.25) is 43.8 Å². The fraction of sp³-hybridized carbons (Fsp3) is 0.656. The number of nitrogens with zero attached hydrogens (tertiary/aromatic N) is 10. The number of anilines is 1. The Labute approximate surface area is 570 Å². The number of alkyl halides is 1. The lowest BCUT2D eigenvalue weighted by Gasteiger charge is -2.44. The van der Waals surface area contributed by atoms with Crippen molar-refractivity contribution < 1.29 is 84.5 Å². The molecule has 0 radical (unpaired) electrons. The molecule has 1 aromatic carbocycles. The monoisotopic (exact) mass is 1450 g/mol. The Morgan fingerprint density at radius 1 is 0.928 bits per heavy atom. The van der Waals surface area contributed by atoms with Crippen LogP contribution in [0, 0.1) is 0 Å². The SMILES string of the molecule is CCN(CC)C(C)[C@]1(CO[P@](=S)(OC[C@H]2CCCN2C(C)=O)O[C@@H]2[C@H](O[Si](C)(C)C(C)(C)C)[C@@H](CO)O[C@H]2n2cnc3c(=O)n(CCOCNC(=O)CNC(=O)OCC[Si](C)(C)C)cnc32)O[C@@H](n2cc3c4c(ncnc42)N(C(=O)c2ccccc2)CCC3)[C@H](F)[C@@H]1OP(=O)(O)O. The Morgan fingerprint density at radius 3 is 2.33 bits per heavy atom. The third-order valence-electron chi connectivity index (χ3n) is 18.8. The number of aromatic nitrogens is 7. The zero-order chi connectivity index (χ0) is 70.6. The molecule has 4 aliphatic rings. The van der Waals surface area contributed by atoms with Crippen molar-refractivity contribution in [2.75, 3.05) is 77.4 Å². The first-order valence-electron chi connectivity index (χ1n) is 32.7. The zero-order valence-corrected chi connectivity index (χ0v) is 61.6. The number of likely N-dealkylation sites (tertiary alicyclic amines) is 1. The van der Waals surface area contributed by atoms with Gasteiger partial charge in [0.1, 0.15) is 67.4 Å². The first-order valence-corrected chi connectivity index (χ1v) is 43.4. The number of benzene rings is 1. The van der Waals surface area contributed by atoms with Crippen LogP contribution in [0.5, 0.6) is 0 Å². The first-order chi connectivity index (χ1) is 45.7. The minimum Gasteiger partial charge on any atom is -0.450 e. The molecule has 5 N–H and O–H groups in total. The van der Waals surface area contributed by atoms with Gasteiger partial charge in [0.2, 0.25) is 11.8 Å². The zero-order valence-electron chi connectivity index (χ0n) is 57.0. The molecule has 36 heteroatoms. The summed E-state index contributed by atoms with van der Waals surface area (Å²) in [5, 5.41) is 16.2. The normalized spacial score (nSPS) is 24.3. The van der Waals surface area contributed by atoms with Crippen LogP contribution in [-0.4, -0.2) is 219 Å². The molecule has 1 unspecified atom stereocenters. The van der Waals surface area contributed by atoms with E-state index in [0.29, 0.717) is 68.4 Å². The summed E-state index contributed by atoms with van der Waals surface area (Å²) in [5.74, 6) is -0.794. The van der Waals surface area contributed by atoms with E-state index in [-0.39, 0.29) is 74.1 Å². The molecular weight excluding hydrogens is 1360 g/mol. The van der Waals surface area contributed by atoms with Crippen molar-refractivity contribution in [3.8, 4) is 0 Å². The first kappa shape index (κ1) is 75.8. The van der Waals surface area contributed by atoms with Gasteiger partial charge in [-0.25, -0.2) is 33.7 Å². The summed E-state index contributed by atoms with van der Waals surface area (Å²) in [6.45, 7) is 18.0. The molecule has 0 saturated carbocycles. The number of likely N-dealkylation sites (N-methyl/N-ethyl adjacent to an activating group) is 1.